The van der Waals surface area contributed by atoms with Crippen LogP contribution in [0.25, 0.3) is 0 Å². The van der Waals surface area contributed by atoms with Crippen LogP contribution in [0, 0.1) is 0 Å². The van der Waals surface area contributed by atoms with Gasteiger partial charge in [0.2, 0.25) is 0 Å². The van der Waals surface area contributed by atoms with Crippen LogP contribution >= 0.6 is 0 Å². The predicted molar refractivity (Wildman–Crippen MR) is 81.6 cm³/mol. The second-order valence-corrected chi connectivity index (χ2v) is 5.36. The van der Waals surface area contributed by atoms with E-state index in [0.29, 0.717) is 19.8 Å². The summed E-state index contributed by atoms with van der Waals surface area (Å²) in [5.41, 5.74) is 2.41. The van der Waals surface area contributed by atoms with Gasteiger partial charge in [0.25, 0.3) is 0 Å². The van der Waals surface area contributed by atoms with Gasteiger partial charge in [-0.2, -0.15) is 5.10 Å². The van der Waals surface area contributed by atoms with E-state index in [1.54, 1.807) is 19.5 Å². The third-order valence-corrected chi connectivity index (χ3v) is 3.69. The minimum atomic E-state index is 0.00497. The highest BCUT2D eigenvalue weighted by Crippen LogP contribution is 2.16. The van der Waals surface area contributed by atoms with E-state index >= 15 is 0 Å². The number of methoxy groups -OCH3 is 1. The summed E-state index contributed by atoms with van der Waals surface area (Å²) >= 11 is 0. The first-order chi connectivity index (χ1) is 10.8. The molecular formula is C16H21N3O3. The summed E-state index contributed by atoms with van der Waals surface area (Å²) in [6.07, 6.45) is 3.42. The van der Waals surface area contributed by atoms with E-state index in [9.17, 15) is 0 Å². The molecular weight excluding hydrogens is 282 g/mol. The monoisotopic (exact) mass is 303 g/mol. The van der Waals surface area contributed by atoms with Crippen molar-refractivity contribution >= 4 is 0 Å². The van der Waals surface area contributed by atoms with Gasteiger partial charge in [-0.15, -0.1) is 0 Å². The lowest BCUT2D eigenvalue weighted by Gasteiger charge is -2.19. The third kappa shape index (κ3) is 3.85. The molecule has 1 aromatic heterocycles. The Hall–Kier alpha value is -1.89. The van der Waals surface area contributed by atoms with Crippen LogP contribution in [0.2, 0.25) is 0 Å². The Balaban J connectivity index is 1.51. The molecule has 22 heavy (non-hydrogen) atoms. The van der Waals surface area contributed by atoms with Gasteiger partial charge in [0.1, 0.15) is 6.10 Å². The molecule has 0 aliphatic carbocycles. The van der Waals surface area contributed by atoms with Gasteiger partial charge in [0.15, 0.2) is 5.75 Å². The SMILES string of the molecule is COCc1ccc(CN[C@H]2COC[C@H]2Oc2cn[nH]c2)cc1. The molecule has 1 fully saturated rings. The summed E-state index contributed by atoms with van der Waals surface area (Å²) in [6.45, 7) is 2.68. The van der Waals surface area contributed by atoms with Crippen LogP contribution in [-0.2, 0) is 22.6 Å². The molecule has 1 aliphatic rings. The van der Waals surface area contributed by atoms with Gasteiger partial charge in [-0.3, -0.25) is 5.10 Å². The molecule has 6 heteroatoms. The second-order valence-electron chi connectivity index (χ2n) is 5.36. The number of aromatic amines is 1. The maximum absolute atomic E-state index is 5.87. The molecule has 1 aliphatic heterocycles. The minimum absolute atomic E-state index is 0.00497. The van der Waals surface area contributed by atoms with E-state index in [2.05, 4.69) is 39.8 Å². The number of rotatable bonds is 7. The van der Waals surface area contributed by atoms with Crippen LogP contribution in [-0.4, -0.2) is 42.7 Å². The lowest BCUT2D eigenvalue weighted by Crippen LogP contribution is -2.41. The highest BCUT2D eigenvalue weighted by Gasteiger charge is 2.29. The fourth-order valence-electron chi connectivity index (χ4n) is 2.49. The second kappa shape index (κ2) is 7.40. The topological polar surface area (TPSA) is 68.4 Å². The van der Waals surface area contributed by atoms with E-state index in [4.69, 9.17) is 14.2 Å². The maximum atomic E-state index is 5.87. The summed E-state index contributed by atoms with van der Waals surface area (Å²) < 4.78 is 16.5. The first kappa shape index (κ1) is 15.0. The summed E-state index contributed by atoms with van der Waals surface area (Å²) in [5, 5.41) is 10.1. The molecule has 0 bridgehead atoms. The van der Waals surface area contributed by atoms with Crippen LogP contribution in [0.3, 0.4) is 0 Å². The molecule has 0 amide bonds. The zero-order chi connectivity index (χ0) is 15.2. The van der Waals surface area contributed by atoms with E-state index < -0.39 is 0 Å². The predicted octanol–water partition coefficient (Wildman–Crippen LogP) is 1.49. The van der Waals surface area contributed by atoms with Crippen molar-refractivity contribution in [3.05, 3.63) is 47.8 Å². The molecule has 6 nitrogen and oxygen atoms in total. The van der Waals surface area contributed by atoms with Crippen LogP contribution in [0.5, 0.6) is 5.75 Å². The van der Waals surface area contributed by atoms with Crippen molar-refractivity contribution in [2.45, 2.75) is 25.3 Å². The third-order valence-electron chi connectivity index (χ3n) is 3.69. The minimum Gasteiger partial charge on any atom is -0.483 e. The van der Waals surface area contributed by atoms with E-state index in [1.165, 1.54) is 11.1 Å². The van der Waals surface area contributed by atoms with Crippen molar-refractivity contribution in [1.82, 2.24) is 15.5 Å². The molecule has 2 heterocycles. The largest absolute Gasteiger partial charge is 0.483 e. The average molecular weight is 303 g/mol. The van der Waals surface area contributed by atoms with E-state index in [0.717, 1.165) is 12.3 Å². The standard InChI is InChI=1S/C16H21N3O3/c1-20-9-13-4-2-12(3-5-13)6-17-15-10-21-11-16(15)22-14-7-18-19-8-14/h2-5,7-8,15-17H,6,9-11H2,1H3,(H,18,19)/t15-,16+/m0/s1. The van der Waals surface area contributed by atoms with Crippen molar-refractivity contribution in [2.75, 3.05) is 20.3 Å². The molecule has 0 spiro atoms. The van der Waals surface area contributed by atoms with Crippen molar-refractivity contribution in [1.29, 1.82) is 0 Å². The number of benzene rings is 1. The van der Waals surface area contributed by atoms with Gasteiger partial charge in [-0.05, 0) is 11.1 Å². The molecule has 2 atom stereocenters. The fourth-order valence-corrected chi connectivity index (χ4v) is 2.49. The van der Waals surface area contributed by atoms with Gasteiger partial charge in [0.05, 0.1) is 38.3 Å². The highest BCUT2D eigenvalue weighted by molar-refractivity contribution is 5.22. The van der Waals surface area contributed by atoms with Crippen molar-refractivity contribution in [2.24, 2.45) is 0 Å². The molecule has 0 unspecified atom stereocenters. The number of nitrogens with one attached hydrogen (secondary N) is 2. The lowest BCUT2D eigenvalue weighted by molar-refractivity contribution is 0.139. The molecule has 118 valence electrons. The number of hydrogen-bond acceptors (Lipinski definition) is 5. The molecule has 0 saturated carbocycles. The highest BCUT2D eigenvalue weighted by atomic mass is 16.5. The Morgan fingerprint density at radius 2 is 2.09 bits per heavy atom. The van der Waals surface area contributed by atoms with Gasteiger partial charge in [0, 0.05) is 13.7 Å². The lowest BCUT2D eigenvalue weighted by atomic mass is 10.1. The van der Waals surface area contributed by atoms with Crippen LogP contribution < -0.4 is 10.1 Å². The number of hydrogen-bond donors (Lipinski definition) is 2. The van der Waals surface area contributed by atoms with Crippen LogP contribution in [0.15, 0.2) is 36.7 Å². The first-order valence-electron chi connectivity index (χ1n) is 7.38. The van der Waals surface area contributed by atoms with Crippen LogP contribution in [0.4, 0.5) is 0 Å². The zero-order valence-electron chi connectivity index (χ0n) is 12.6. The molecule has 3 rings (SSSR count). The number of aromatic nitrogens is 2. The molecule has 1 aromatic carbocycles. The zero-order valence-corrected chi connectivity index (χ0v) is 12.6. The van der Waals surface area contributed by atoms with Crippen molar-refractivity contribution in [3.63, 3.8) is 0 Å². The van der Waals surface area contributed by atoms with Gasteiger partial charge in [-0.25, -0.2) is 0 Å². The Morgan fingerprint density at radius 3 is 2.82 bits per heavy atom. The maximum Gasteiger partial charge on any atom is 0.157 e. The van der Waals surface area contributed by atoms with Crippen molar-refractivity contribution < 1.29 is 14.2 Å². The fraction of sp³-hybridized carbons (Fsp3) is 0.438. The summed E-state index contributed by atoms with van der Waals surface area (Å²) in [4.78, 5) is 0. The average Bonchev–Trinajstić information content (AvgIpc) is 3.19. The molecule has 2 aromatic rings. The van der Waals surface area contributed by atoms with Gasteiger partial charge >= 0.3 is 0 Å². The summed E-state index contributed by atoms with van der Waals surface area (Å²) in [6, 6.07) is 8.58. The Labute approximate surface area is 129 Å². The Morgan fingerprint density at radius 1 is 1.27 bits per heavy atom. The normalized spacial score (nSPS) is 21.1. The summed E-state index contributed by atoms with van der Waals surface area (Å²) in [7, 11) is 1.70. The quantitative estimate of drug-likeness (QED) is 0.811. The van der Waals surface area contributed by atoms with Gasteiger partial charge < -0.3 is 19.5 Å². The van der Waals surface area contributed by atoms with Gasteiger partial charge in [-0.1, -0.05) is 24.3 Å². The van der Waals surface area contributed by atoms with Crippen LogP contribution in [0.1, 0.15) is 11.1 Å². The molecule has 1 saturated heterocycles. The molecule has 2 N–H and O–H groups in total. The number of nitrogens with zero attached hydrogens (tertiary/aromatic N) is 1. The number of ether oxygens (including phenoxy) is 3. The van der Waals surface area contributed by atoms with E-state index in [-0.39, 0.29) is 12.1 Å². The summed E-state index contributed by atoms with van der Waals surface area (Å²) in [5.74, 6) is 0.742. The number of H-pyrrole nitrogens is 1. The first-order valence-corrected chi connectivity index (χ1v) is 7.38. The van der Waals surface area contributed by atoms with Crippen molar-refractivity contribution in [3.8, 4) is 5.75 Å². The Bertz CT molecular complexity index is 557. The Kier molecular flexibility index (Phi) is 5.05. The molecule has 0 radical (unpaired) electrons. The van der Waals surface area contributed by atoms with E-state index in [1.807, 2.05) is 0 Å². The smallest absolute Gasteiger partial charge is 0.157 e.